The van der Waals surface area contributed by atoms with Crippen molar-refractivity contribution < 1.29 is 19.4 Å². The van der Waals surface area contributed by atoms with Gasteiger partial charge in [0, 0.05) is 25.0 Å². The fourth-order valence-corrected chi connectivity index (χ4v) is 2.48. The Morgan fingerprint density at radius 2 is 1.95 bits per heavy atom. The van der Waals surface area contributed by atoms with Crippen LogP contribution in [0.3, 0.4) is 0 Å². The van der Waals surface area contributed by atoms with E-state index in [-0.39, 0.29) is 24.7 Å². The molecule has 0 bridgehead atoms. The van der Waals surface area contributed by atoms with Gasteiger partial charge in [-0.2, -0.15) is 0 Å². The highest BCUT2D eigenvalue weighted by Crippen LogP contribution is 2.14. The van der Waals surface area contributed by atoms with E-state index in [9.17, 15) is 9.59 Å². The van der Waals surface area contributed by atoms with Crippen molar-refractivity contribution >= 4 is 23.6 Å². The summed E-state index contributed by atoms with van der Waals surface area (Å²) in [5, 5.41) is 9.34. The summed E-state index contributed by atoms with van der Waals surface area (Å²) in [4.78, 5) is 32.5. The lowest BCUT2D eigenvalue weighted by molar-refractivity contribution is -0.143. The molecule has 7 nitrogen and oxygen atoms in total. The number of carbonyl (C=O) groups excluding carboxylic acids is 1. The van der Waals surface area contributed by atoms with Gasteiger partial charge in [0.05, 0.1) is 12.4 Å². The molecule has 1 heterocycles. The van der Waals surface area contributed by atoms with Gasteiger partial charge < -0.3 is 14.7 Å². The van der Waals surface area contributed by atoms with Crippen LogP contribution in [-0.2, 0) is 14.3 Å². The molecule has 1 aromatic heterocycles. The average molecular weight is 313 g/mol. The molecule has 0 fully saturated rings. The fraction of sp³-hybridized carbons (Fsp3) is 0.538. The number of carbonyl (C=O) groups is 2. The van der Waals surface area contributed by atoms with Gasteiger partial charge in [0.2, 0.25) is 5.91 Å². The van der Waals surface area contributed by atoms with E-state index in [1.807, 2.05) is 19.9 Å². The maximum absolute atomic E-state index is 12.1. The van der Waals surface area contributed by atoms with Crippen molar-refractivity contribution in [1.29, 1.82) is 0 Å². The van der Waals surface area contributed by atoms with Gasteiger partial charge >= 0.3 is 5.97 Å². The predicted molar refractivity (Wildman–Crippen MR) is 78.3 cm³/mol. The largest absolute Gasteiger partial charge is 0.480 e. The van der Waals surface area contributed by atoms with Crippen LogP contribution in [0, 0.1) is 13.8 Å². The molecular weight excluding hydrogens is 294 g/mol. The summed E-state index contributed by atoms with van der Waals surface area (Å²) in [6, 6.07) is 1.85. The second-order valence-electron chi connectivity index (χ2n) is 4.42. The number of nitrogens with zero attached hydrogens (tertiary/aromatic N) is 3. The van der Waals surface area contributed by atoms with Gasteiger partial charge in [-0.25, -0.2) is 9.97 Å². The Morgan fingerprint density at radius 3 is 2.48 bits per heavy atom. The predicted octanol–water partition coefficient (Wildman–Crippen LogP) is 0.745. The number of aliphatic carboxylic acids is 1. The molecule has 1 amide bonds. The van der Waals surface area contributed by atoms with Crippen LogP contribution < -0.4 is 0 Å². The van der Waals surface area contributed by atoms with Crippen molar-refractivity contribution in [2.24, 2.45) is 0 Å². The summed E-state index contributed by atoms with van der Waals surface area (Å²) >= 11 is 1.20. The van der Waals surface area contributed by atoms with Crippen molar-refractivity contribution in [1.82, 2.24) is 14.9 Å². The molecule has 0 radical (unpaired) electrons. The van der Waals surface area contributed by atoms with E-state index >= 15 is 0 Å². The summed E-state index contributed by atoms with van der Waals surface area (Å²) in [6.45, 7) is 3.92. The van der Waals surface area contributed by atoms with E-state index in [0.717, 1.165) is 11.4 Å². The van der Waals surface area contributed by atoms with Crippen LogP contribution in [0.5, 0.6) is 0 Å². The summed E-state index contributed by atoms with van der Waals surface area (Å²) in [5.41, 5.74) is 1.67. The van der Waals surface area contributed by atoms with Gasteiger partial charge in [0.1, 0.15) is 6.54 Å². The highest BCUT2D eigenvalue weighted by atomic mass is 32.2. The first-order valence-electron chi connectivity index (χ1n) is 6.36. The molecule has 8 heteroatoms. The molecule has 0 aliphatic heterocycles. The zero-order valence-corrected chi connectivity index (χ0v) is 13.1. The first-order chi connectivity index (χ1) is 9.92. The molecule has 116 valence electrons. The van der Waals surface area contributed by atoms with Crippen LogP contribution in [0.2, 0.25) is 0 Å². The number of hydrogen-bond donors (Lipinski definition) is 1. The number of carboxylic acids is 1. The average Bonchev–Trinajstić information content (AvgIpc) is 2.39. The quantitative estimate of drug-likeness (QED) is 0.559. The summed E-state index contributed by atoms with van der Waals surface area (Å²) in [5.74, 6) is -1.23. The maximum Gasteiger partial charge on any atom is 0.323 e. The van der Waals surface area contributed by atoms with E-state index in [0.29, 0.717) is 11.8 Å². The van der Waals surface area contributed by atoms with E-state index < -0.39 is 5.97 Å². The summed E-state index contributed by atoms with van der Waals surface area (Å²) < 4.78 is 4.88. The Morgan fingerprint density at radius 1 is 1.33 bits per heavy atom. The van der Waals surface area contributed by atoms with Crippen molar-refractivity contribution in [3.8, 4) is 0 Å². The number of hydrogen-bond acceptors (Lipinski definition) is 6. The van der Waals surface area contributed by atoms with Crippen LogP contribution in [0.25, 0.3) is 0 Å². The molecule has 0 atom stereocenters. The van der Waals surface area contributed by atoms with E-state index in [1.54, 1.807) is 0 Å². The van der Waals surface area contributed by atoms with E-state index in [1.165, 1.54) is 23.8 Å². The lowest BCUT2D eigenvalue weighted by atomic mass is 10.4. The number of aryl methyl sites for hydroxylation is 2. The minimum absolute atomic E-state index is 0.0971. The number of thioether (sulfide) groups is 1. The molecule has 0 aliphatic rings. The van der Waals surface area contributed by atoms with E-state index in [4.69, 9.17) is 9.84 Å². The fourth-order valence-electron chi connectivity index (χ4n) is 1.63. The third-order valence-corrected chi connectivity index (χ3v) is 3.36. The number of methoxy groups -OCH3 is 1. The third kappa shape index (κ3) is 6.54. The second-order valence-corrected chi connectivity index (χ2v) is 5.37. The Labute approximate surface area is 127 Å². The highest BCUT2D eigenvalue weighted by Gasteiger charge is 2.17. The molecule has 0 saturated carbocycles. The van der Waals surface area contributed by atoms with Gasteiger partial charge in [-0.15, -0.1) is 0 Å². The normalized spacial score (nSPS) is 10.4. The molecular formula is C13H19N3O4S. The number of aromatic nitrogens is 2. The van der Waals surface area contributed by atoms with Crippen LogP contribution in [-0.4, -0.2) is 64.4 Å². The molecule has 0 spiro atoms. The number of carboxylic acid groups (broad SMARTS) is 1. The van der Waals surface area contributed by atoms with E-state index in [2.05, 4.69) is 9.97 Å². The van der Waals surface area contributed by atoms with Crippen LogP contribution in [0.15, 0.2) is 11.2 Å². The van der Waals surface area contributed by atoms with Crippen LogP contribution in [0.1, 0.15) is 11.4 Å². The summed E-state index contributed by atoms with van der Waals surface area (Å²) in [7, 11) is 1.50. The number of rotatable bonds is 8. The summed E-state index contributed by atoms with van der Waals surface area (Å²) in [6.07, 6.45) is 0. The molecule has 0 aliphatic carbocycles. The van der Waals surface area contributed by atoms with Gasteiger partial charge in [-0.1, -0.05) is 11.8 Å². The Hall–Kier alpha value is -1.67. The first-order valence-corrected chi connectivity index (χ1v) is 7.34. The van der Waals surface area contributed by atoms with Gasteiger partial charge in [0.25, 0.3) is 0 Å². The highest BCUT2D eigenvalue weighted by molar-refractivity contribution is 7.99. The topological polar surface area (TPSA) is 92.6 Å². The van der Waals surface area contributed by atoms with Crippen molar-refractivity contribution in [2.45, 2.75) is 19.0 Å². The lowest BCUT2D eigenvalue weighted by Crippen LogP contribution is -2.39. The standard InChI is InChI=1S/C13H19N3O4S/c1-9-6-10(2)15-13(14-9)21-8-11(17)16(4-5-20-3)7-12(18)19/h6H,4-5,7-8H2,1-3H3,(H,18,19). The minimum atomic E-state index is -1.05. The Bertz CT molecular complexity index is 490. The molecule has 0 unspecified atom stereocenters. The first kappa shape index (κ1) is 17.4. The Balaban J connectivity index is 2.61. The van der Waals surface area contributed by atoms with Gasteiger partial charge in [-0.05, 0) is 19.9 Å². The van der Waals surface area contributed by atoms with Crippen molar-refractivity contribution in [3.05, 3.63) is 17.5 Å². The smallest absolute Gasteiger partial charge is 0.323 e. The molecule has 21 heavy (non-hydrogen) atoms. The maximum atomic E-state index is 12.1. The molecule has 0 aromatic carbocycles. The zero-order chi connectivity index (χ0) is 15.8. The number of ether oxygens (including phenoxy) is 1. The molecule has 1 N–H and O–H groups in total. The third-order valence-electron chi connectivity index (χ3n) is 2.53. The molecule has 0 saturated heterocycles. The monoisotopic (exact) mass is 313 g/mol. The lowest BCUT2D eigenvalue weighted by Gasteiger charge is -2.19. The van der Waals surface area contributed by atoms with Gasteiger partial charge in [-0.3, -0.25) is 9.59 Å². The van der Waals surface area contributed by atoms with Crippen LogP contribution in [0.4, 0.5) is 0 Å². The molecule has 1 aromatic rings. The number of amides is 1. The zero-order valence-electron chi connectivity index (χ0n) is 12.3. The van der Waals surface area contributed by atoms with Crippen molar-refractivity contribution in [2.75, 3.05) is 32.6 Å². The van der Waals surface area contributed by atoms with Crippen LogP contribution >= 0.6 is 11.8 Å². The van der Waals surface area contributed by atoms with Gasteiger partial charge in [0.15, 0.2) is 5.16 Å². The second kappa shape index (κ2) is 8.58. The Kier molecular flexibility index (Phi) is 7.10. The minimum Gasteiger partial charge on any atom is -0.480 e. The van der Waals surface area contributed by atoms with Crippen molar-refractivity contribution in [3.63, 3.8) is 0 Å². The molecule has 1 rings (SSSR count). The SMILES string of the molecule is COCCN(CC(=O)O)C(=O)CSc1nc(C)cc(C)n1.